The summed E-state index contributed by atoms with van der Waals surface area (Å²) in [5, 5.41) is 2.87. The molecule has 1 amide bonds. The monoisotopic (exact) mass is 350 g/mol. The van der Waals surface area contributed by atoms with Gasteiger partial charge in [0, 0.05) is 11.9 Å². The second-order valence-corrected chi connectivity index (χ2v) is 6.12. The Hall–Kier alpha value is -3.42. The van der Waals surface area contributed by atoms with Crippen molar-refractivity contribution in [3.63, 3.8) is 0 Å². The molecule has 0 unspecified atom stereocenters. The van der Waals surface area contributed by atoms with E-state index in [4.69, 9.17) is 10.5 Å². The van der Waals surface area contributed by atoms with Gasteiger partial charge < -0.3 is 20.8 Å². The molecule has 0 spiro atoms. The molecule has 2 aromatic heterocycles. The van der Waals surface area contributed by atoms with Crippen molar-refractivity contribution in [1.82, 2.24) is 15.0 Å². The van der Waals surface area contributed by atoms with E-state index in [1.165, 1.54) is 11.8 Å². The van der Waals surface area contributed by atoms with Gasteiger partial charge in [-0.1, -0.05) is 12.1 Å². The highest BCUT2D eigenvalue weighted by atomic mass is 16.5. The summed E-state index contributed by atoms with van der Waals surface area (Å²) >= 11 is 0. The molecule has 8 heteroatoms. The summed E-state index contributed by atoms with van der Waals surface area (Å²) in [7, 11) is 0. The van der Waals surface area contributed by atoms with Gasteiger partial charge in [-0.2, -0.15) is 0 Å². The van der Waals surface area contributed by atoms with Crippen LogP contribution in [0.4, 0.5) is 5.69 Å². The molecule has 1 atom stereocenters. The molecule has 0 bridgehead atoms. The second kappa shape index (κ2) is 6.83. The summed E-state index contributed by atoms with van der Waals surface area (Å²) in [6.45, 7) is 0.550. The fraction of sp³-hybridized carbons (Fsp3) is 0.222. The Kier molecular flexibility index (Phi) is 4.22. The molecule has 4 N–H and O–H groups in total. The zero-order chi connectivity index (χ0) is 17.9. The quantitative estimate of drug-likeness (QED) is 0.649. The minimum Gasteiger partial charge on any atom is -0.463 e. The van der Waals surface area contributed by atoms with Crippen molar-refractivity contribution in [2.75, 3.05) is 11.9 Å². The van der Waals surface area contributed by atoms with Crippen LogP contribution >= 0.6 is 0 Å². The number of hydrogen-bond donors (Lipinski definition) is 3. The van der Waals surface area contributed by atoms with Crippen LogP contribution in [0.2, 0.25) is 0 Å². The minimum absolute atomic E-state index is 0.124. The fourth-order valence-corrected chi connectivity index (χ4v) is 2.83. The summed E-state index contributed by atoms with van der Waals surface area (Å²) in [6, 6.07) is 9.89. The van der Waals surface area contributed by atoms with Gasteiger partial charge in [0.25, 0.3) is 11.9 Å². The van der Waals surface area contributed by atoms with Crippen molar-refractivity contribution < 1.29 is 9.53 Å². The Labute approximate surface area is 149 Å². The highest BCUT2D eigenvalue weighted by molar-refractivity contribution is 6.05. The van der Waals surface area contributed by atoms with Crippen molar-refractivity contribution in [2.45, 2.75) is 18.9 Å². The topological polar surface area (TPSA) is 118 Å². The maximum Gasteiger partial charge on any atom is 0.282 e. The summed E-state index contributed by atoms with van der Waals surface area (Å²) < 4.78 is 5.15. The number of carbonyl (C=O) groups is 1. The van der Waals surface area contributed by atoms with Gasteiger partial charge in [-0.25, -0.2) is 15.0 Å². The first kappa shape index (κ1) is 16.1. The molecule has 0 fully saturated rings. The van der Waals surface area contributed by atoms with Crippen LogP contribution in [0, 0.1) is 0 Å². The predicted molar refractivity (Wildman–Crippen MR) is 98.0 cm³/mol. The number of imidazole rings is 1. The van der Waals surface area contributed by atoms with Crippen molar-refractivity contribution >= 4 is 28.8 Å². The van der Waals surface area contributed by atoms with Gasteiger partial charge in [-0.3, -0.25) is 4.79 Å². The average molecular weight is 350 g/mol. The molecule has 1 aliphatic rings. The molecule has 1 aromatic carbocycles. The highest BCUT2D eigenvalue weighted by Crippen LogP contribution is 2.16. The number of aromatic amines is 1. The Morgan fingerprint density at radius 3 is 2.92 bits per heavy atom. The molecule has 3 aromatic rings. The number of amides is 1. The van der Waals surface area contributed by atoms with Crippen molar-refractivity contribution in [3.05, 3.63) is 54.0 Å². The van der Waals surface area contributed by atoms with Crippen LogP contribution in [0.25, 0.3) is 11.2 Å². The molecule has 3 heterocycles. The number of nitrogens with two attached hydrogens (primary N) is 1. The first-order valence-corrected chi connectivity index (χ1v) is 8.33. The Bertz CT molecular complexity index is 963. The number of nitrogens with zero attached hydrogens (tertiary/aromatic N) is 3. The normalized spacial score (nSPS) is 16.3. The van der Waals surface area contributed by atoms with Gasteiger partial charge in [0.2, 0.25) is 0 Å². The first-order valence-electron chi connectivity index (χ1n) is 8.33. The number of H-pyrrole nitrogens is 1. The van der Waals surface area contributed by atoms with Gasteiger partial charge in [0.1, 0.15) is 6.61 Å². The number of ether oxygens (including phenoxy) is 1. The van der Waals surface area contributed by atoms with Crippen molar-refractivity contribution in [2.24, 2.45) is 10.7 Å². The Morgan fingerprint density at radius 2 is 2.15 bits per heavy atom. The minimum atomic E-state index is -0.213. The van der Waals surface area contributed by atoms with Gasteiger partial charge in [-0.05, 0) is 36.6 Å². The van der Waals surface area contributed by atoms with Gasteiger partial charge >= 0.3 is 0 Å². The van der Waals surface area contributed by atoms with Crippen LogP contribution in [0.1, 0.15) is 22.3 Å². The standard InChI is InChI=1S/C18H18N6O2/c19-18-24-14(9-26-18)6-3-11-1-4-13(5-2-11)23-17(25)12-7-15-16(20-8-12)22-10-21-15/h1-2,4-5,7-8,10,14H,3,6,9H2,(H2,19,24)(H,23,25)(H,20,21,22)/t14-/m0/s1. The molecule has 8 nitrogen and oxygen atoms in total. The van der Waals surface area contributed by atoms with Crippen molar-refractivity contribution in [3.8, 4) is 0 Å². The first-order chi connectivity index (χ1) is 12.7. The number of fused-ring (bicyclic) bond motifs is 1. The Balaban J connectivity index is 1.36. The number of aryl methyl sites for hydroxylation is 1. The molecular weight excluding hydrogens is 332 g/mol. The number of nitrogens with one attached hydrogen (secondary N) is 2. The highest BCUT2D eigenvalue weighted by Gasteiger charge is 2.16. The van der Waals surface area contributed by atoms with E-state index in [0.29, 0.717) is 17.8 Å². The molecule has 0 saturated heterocycles. The van der Waals surface area contributed by atoms with E-state index in [1.807, 2.05) is 24.3 Å². The number of hydrogen-bond acceptors (Lipinski definition) is 6. The molecule has 0 radical (unpaired) electrons. The zero-order valence-electron chi connectivity index (χ0n) is 14.0. The third kappa shape index (κ3) is 3.49. The van der Waals surface area contributed by atoms with Crippen LogP contribution in [0.5, 0.6) is 0 Å². The number of rotatable bonds is 5. The lowest BCUT2D eigenvalue weighted by atomic mass is 10.1. The largest absolute Gasteiger partial charge is 0.463 e. The molecular formula is C18H18N6O2. The number of amidine groups is 1. The average Bonchev–Trinajstić information content (AvgIpc) is 3.29. The second-order valence-electron chi connectivity index (χ2n) is 6.12. The maximum atomic E-state index is 12.4. The van der Waals surface area contributed by atoms with Crippen LogP contribution < -0.4 is 11.1 Å². The number of benzene rings is 1. The number of aliphatic imine (C=N–C) groups is 1. The molecule has 0 saturated carbocycles. The van der Waals surface area contributed by atoms with E-state index in [2.05, 4.69) is 25.3 Å². The van der Waals surface area contributed by atoms with Gasteiger partial charge in [-0.15, -0.1) is 0 Å². The third-order valence-electron chi connectivity index (χ3n) is 4.25. The van der Waals surface area contributed by atoms with E-state index in [9.17, 15) is 4.79 Å². The molecule has 26 heavy (non-hydrogen) atoms. The van der Waals surface area contributed by atoms with Crippen LogP contribution in [0.15, 0.2) is 47.8 Å². The smallest absolute Gasteiger partial charge is 0.282 e. The van der Waals surface area contributed by atoms with Gasteiger partial charge in [0.05, 0.1) is 23.4 Å². The SMILES string of the molecule is NC1=N[C@@H](CCc2ccc(NC(=O)c3cnc4nc[nH]c4c3)cc2)CO1. The summed E-state index contributed by atoms with van der Waals surface area (Å²) in [5.74, 6) is -0.213. The lowest BCUT2D eigenvalue weighted by Gasteiger charge is -2.08. The van der Waals surface area contributed by atoms with Crippen LogP contribution in [-0.2, 0) is 11.2 Å². The van der Waals surface area contributed by atoms with E-state index in [0.717, 1.165) is 24.0 Å². The third-order valence-corrected chi connectivity index (χ3v) is 4.25. The molecule has 0 aliphatic carbocycles. The maximum absolute atomic E-state index is 12.4. The van der Waals surface area contributed by atoms with Crippen LogP contribution in [-0.4, -0.2) is 39.5 Å². The number of anilines is 1. The number of carbonyl (C=O) groups excluding carboxylic acids is 1. The zero-order valence-corrected chi connectivity index (χ0v) is 14.0. The van der Waals surface area contributed by atoms with E-state index < -0.39 is 0 Å². The number of pyridine rings is 1. The molecule has 1 aliphatic heterocycles. The summed E-state index contributed by atoms with van der Waals surface area (Å²) in [6.07, 6.45) is 4.82. The lowest BCUT2D eigenvalue weighted by Crippen LogP contribution is -2.12. The summed E-state index contributed by atoms with van der Waals surface area (Å²) in [5.41, 5.74) is 9.20. The predicted octanol–water partition coefficient (Wildman–Crippen LogP) is 1.86. The molecule has 4 rings (SSSR count). The summed E-state index contributed by atoms with van der Waals surface area (Å²) in [4.78, 5) is 27.7. The van der Waals surface area contributed by atoms with E-state index in [-0.39, 0.29) is 18.0 Å². The van der Waals surface area contributed by atoms with E-state index >= 15 is 0 Å². The van der Waals surface area contributed by atoms with Gasteiger partial charge in [0.15, 0.2) is 5.65 Å². The van der Waals surface area contributed by atoms with Crippen LogP contribution in [0.3, 0.4) is 0 Å². The lowest BCUT2D eigenvalue weighted by molar-refractivity contribution is 0.102. The molecule has 132 valence electrons. The van der Waals surface area contributed by atoms with E-state index in [1.54, 1.807) is 12.4 Å². The van der Waals surface area contributed by atoms with Crippen molar-refractivity contribution in [1.29, 1.82) is 0 Å². The fourth-order valence-electron chi connectivity index (χ4n) is 2.83. The number of aromatic nitrogens is 3. The Morgan fingerprint density at radius 1 is 1.31 bits per heavy atom.